The number of ether oxygens (including phenoxy) is 2. The molecule has 0 atom stereocenters. The summed E-state index contributed by atoms with van der Waals surface area (Å²) >= 11 is 0. The van der Waals surface area contributed by atoms with Crippen LogP contribution in [0.25, 0.3) is 0 Å². The fraction of sp³-hybridized carbons (Fsp3) is 0.500. The molecule has 13 heteroatoms. The summed E-state index contributed by atoms with van der Waals surface area (Å²) in [7, 11) is -1.56. The van der Waals surface area contributed by atoms with E-state index in [9.17, 15) is 13.2 Å². The van der Waals surface area contributed by atoms with E-state index in [-0.39, 0.29) is 24.3 Å². The minimum absolute atomic E-state index is 0.0178. The van der Waals surface area contributed by atoms with Crippen molar-refractivity contribution in [2.45, 2.75) is 25.9 Å². The van der Waals surface area contributed by atoms with Crippen molar-refractivity contribution < 1.29 is 27.8 Å². The third-order valence-electron chi connectivity index (χ3n) is 5.08. The van der Waals surface area contributed by atoms with Crippen molar-refractivity contribution in [3.63, 3.8) is 0 Å². The van der Waals surface area contributed by atoms with Gasteiger partial charge < -0.3 is 30.1 Å². The topological polar surface area (TPSA) is 156 Å². The van der Waals surface area contributed by atoms with Crippen LogP contribution in [0, 0.1) is 6.92 Å². The number of anilines is 3. The second kappa shape index (κ2) is 10.5. The molecule has 0 radical (unpaired) electrons. The molecule has 3 N–H and O–H groups in total. The lowest BCUT2D eigenvalue weighted by Crippen LogP contribution is -2.41. The van der Waals surface area contributed by atoms with Crippen LogP contribution in [0.4, 0.5) is 22.1 Å². The van der Waals surface area contributed by atoms with Gasteiger partial charge in [0.15, 0.2) is 5.82 Å². The number of aryl methyl sites for hydroxylation is 1. The first-order valence-corrected chi connectivity index (χ1v) is 12.4. The molecule has 2 aromatic rings. The average molecular weight is 481 g/mol. The normalized spacial score (nSPS) is 14.6. The van der Waals surface area contributed by atoms with Gasteiger partial charge in [-0.05, 0) is 19.1 Å². The molecule has 1 aliphatic heterocycles. The zero-order valence-electron chi connectivity index (χ0n) is 18.7. The molecule has 2 aromatic heterocycles. The Bertz CT molecular complexity index is 1090. The molecule has 0 aliphatic carbocycles. The molecular formula is C20H28N6O6S. The first kappa shape index (κ1) is 24.3. The van der Waals surface area contributed by atoms with Crippen molar-refractivity contribution in [1.82, 2.24) is 19.9 Å². The largest absolute Gasteiger partial charge is 0.489 e. The van der Waals surface area contributed by atoms with Crippen LogP contribution < -0.4 is 20.1 Å². The van der Waals surface area contributed by atoms with Crippen molar-refractivity contribution in [2.24, 2.45) is 0 Å². The van der Waals surface area contributed by atoms with Gasteiger partial charge in [-0.3, -0.25) is 0 Å². The highest BCUT2D eigenvalue weighted by Crippen LogP contribution is 2.35. The highest BCUT2D eigenvalue weighted by molar-refractivity contribution is 7.90. The van der Waals surface area contributed by atoms with Gasteiger partial charge in [0.1, 0.15) is 28.1 Å². The smallest absolute Gasteiger partial charge is 0.407 e. The maximum atomic E-state index is 11.3. The zero-order valence-corrected chi connectivity index (χ0v) is 19.6. The summed E-state index contributed by atoms with van der Waals surface area (Å²) < 4.78 is 34.0. The van der Waals surface area contributed by atoms with E-state index < -0.39 is 15.9 Å². The van der Waals surface area contributed by atoms with Crippen LogP contribution in [0.1, 0.15) is 18.5 Å². The number of rotatable bonds is 9. The predicted octanol–water partition coefficient (Wildman–Crippen LogP) is 1.91. The Balaban J connectivity index is 1.68. The van der Waals surface area contributed by atoms with Gasteiger partial charge in [-0.1, -0.05) is 0 Å². The van der Waals surface area contributed by atoms with Crippen LogP contribution in [0.5, 0.6) is 11.6 Å². The van der Waals surface area contributed by atoms with Gasteiger partial charge in [0.05, 0.1) is 24.2 Å². The molecule has 0 unspecified atom stereocenters. The summed E-state index contributed by atoms with van der Waals surface area (Å²) in [5, 5.41) is 15.3. The van der Waals surface area contributed by atoms with Gasteiger partial charge in [0, 0.05) is 38.7 Å². The molecule has 1 aliphatic rings. The Morgan fingerprint density at radius 1 is 1.27 bits per heavy atom. The summed E-state index contributed by atoms with van der Waals surface area (Å²) in [4.78, 5) is 25.3. The van der Waals surface area contributed by atoms with Gasteiger partial charge in [-0.25, -0.2) is 23.2 Å². The first-order valence-electron chi connectivity index (χ1n) is 10.4. The summed E-state index contributed by atoms with van der Waals surface area (Å²) in [5.41, 5.74) is 1.35. The van der Waals surface area contributed by atoms with Crippen LogP contribution in [-0.4, -0.2) is 84.3 Å². The molecule has 0 bridgehead atoms. The lowest BCUT2D eigenvalue weighted by molar-refractivity contribution is 0.0852. The first-order chi connectivity index (χ1) is 15.7. The maximum Gasteiger partial charge on any atom is 0.407 e. The van der Waals surface area contributed by atoms with Gasteiger partial charge in [-0.2, -0.15) is 4.98 Å². The van der Waals surface area contributed by atoms with Crippen LogP contribution >= 0.6 is 0 Å². The summed E-state index contributed by atoms with van der Waals surface area (Å²) in [6.07, 6.45) is 2.54. The number of nitrogens with one attached hydrogen (secondary N) is 2. The van der Waals surface area contributed by atoms with E-state index in [2.05, 4.69) is 25.6 Å². The van der Waals surface area contributed by atoms with Gasteiger partial charge in [-0.15, -0.1) is 0 Å². The molecule has 1 saturated heterocycles. The van der Waals surface area contributed by atoms with Gasteiger partial charge in [0.2, 0.25) is 5.75 Å². The number of hydrogen-bond acceptors (Lipinski definition) is 10. The monoisotopic (exact) mass is 480 g/mol. The van der Waals surface area contributed by atoms with E-state index in [0.717, 1.165) is 0 Å². The number of carbonyl (C=O) groups is 1. The number of carboxylic acid groups (broad SMARTS) is 1. The number of likely N-dealkylation sites (tertiary alicyclic amines) is 1. The van der Waals surface area contributed by atoms with E-state index in [1.807, 2.05) is 6.92 Å². The van der Waals surface area contributed by atoms with E-state index in [4.69, 9.17) is 14.6 Å². The summed E-state index contributed by atoms with van der Waals surface area (Å²) in [6.45, 7) is 2.87. The van der Waals surface area contributed by atoms with Crippen molar-refractivity contribution in [2.75, 3.05) is 49.4 Å². The highest BCUT2D eigenvalue weighted by Gasteiger charge is 2.25. The van der Waals surface area contributed by atoms with Crippen molar-refractivity contribution in [1.29, 1.82) is 0 Å². The number of piperidine rings is 1. The molecule has 33 heavy (non-hydrogen) atoms. The molecule has 1 fully saturated rings. The van der Waals surface area contributed by atoms with Gasteiger partial charge >= 0.3 is 6.09 Å². The Morgan fingerprint density at radius 3 is 2.61 bits per heavy atom. The minimum atomic E-state index is -3.05. The Morgan fingerprint density at radius 2 is 2.00 bits per heavy atom. The van der Waals surface area contributed by atoms with E-state index >= 15 is 0 Å². The number of amides is 1. The zero-order chi connectivity index (χ0) is 24.0. The molecule has 0 aromatic carbocycles. The number of sulfone groups is 1. The number of hydrogen-bond donors (Lipinski definition) is 3. The standard InChI is InChI=1S/C20H28N6O6S/c1-13-15(4-5-16(24-13)21-8-11-33(3,29)30)25-18-17(31-2)19(23-12-22-18)32-14-6-9-26(10-7-14)20(27)28/h4-5,12,14H,6-11H2,1-3H3,(H,21,24)(H,27,28)(H,22,23,25). The van der Waals surface area contributed by atoms with E-state index in [1.165, 1.54) is 24.6 Å². The van der Waals surface area contributed by atoms with Crippen LogP contribution in [0.2, 0.25) is 0 Å². The maximum absolute atomic E-state index is 11.3. The fourth-order valence-electron chi connectivity index (χ4n) is 3.32. The lowest BCUT2D eigenvalue weighted by atomic mass is 10.1. The molecule has 180 valence electrons. The molecule has 0 saturated carbocycles. The van der Waals surface area contributed by atoms with Crippen molar-refractivity contribution in [3.05, 3.63) is 24.2 Å². The highest BCUT2D eigenvalue weighted by atomic mass is 32.2. The lowest BCUT2D eigenvalue weighted by Gasteiger charge is -2.30. The second-order valence-electron chi connectivity index (χ2n) is 7.66. The number of pyridine rings is 1. The SMILES string of the molecule is COc1c(Nc2ccc(NCCS(C)(=O)=O)nc2C)ncnc1OC1CCN(C(=O)O)CC1. The van der Waals surface area contributed by atoms with Crippen molar-refractivity contribution in [3.8, 4) is 11.6 Å². The third-order valence-corrected chi connectivity index (χ3v) is 6.03. The molecule has 1 amide bonds. The minimum Gasteiger partial charge on any atom is -0.489 e. The molecule has 3 rings (SSSR count). The summed E-state index contributed by atoms with van der Waals surface area (Å²) in [5.74, 6) is 1.58. The Kier molecular flexibility index (Phi) is 7.74. The van der Waals surface area contributed by atoms with E-state index in [0.29, 0.717) is 54.7 Å². The molecule has 0 spiro atoms. The van der Waals surface area contributed by atoms with Crippen LogP contribution in [0.15, 0.2) is 18.5 Å². The molecular weight excluding hydrogens is 452 g/mol. The average Bonchev–Trinajstić information content (AvgIpc) is 2.75. The predicted molar refractivity (Wildman–Crippen MR) is 122 cm³/mol. The third kappa shape index (κ3) is 6.81. The Hall–Kier alpha value is -3.35. The number of methoxy groups -OCH3 is 1. The van der Waals surface area contributed by atoms with Gasteiger partial charge in [0.25, 0.3) is 5.88 Å². The van der Waals surface area contributed by atoms with Crippen molar-refractivity contribution >= 4 is 33.3 Å². The van der Waals surface area contributed by atoms with Crippen LogP contribution in [0.3, 0.4) is 0 Å². The molecule has 12 nitrogen and oxygen atoms in total. The fourth-order valence-corrected chi connectivity index (χ4v) is 3.79. The Labute approximate surface area is 192 Å². The second-order valence-corrected chi connectivity index (χ2v) is 9.92. The van der Waals surface area contributed by atoms with Crippen LogP contribution in [-0.2, 0) is 9.84 Å². The van der Waals surface area contributed by atoms with E-state index in [1.54, 1.807) is 12.1 Å². The number of aromatic nitrogens is 3. The quantitative estimate of drug-likeness (QED) is 0.482. The number of nitrogens with zero attached hydrogens (tertiary/aromatic N) is 4. The molecule has 3 heterocycles. The summed E-state index contributed by atoms with van der Waals surface area (Å²) in [6, 6.07) is 3.54.